The van der Waals surface area contributed by atoms with Crippen LogP contribution in [0.2, 0.25) is 0 Å². The van der Waals surface area contributed by atoms with Crippen LogP contribution in [0.1, 0.15) is 19.3 Å². The van der Waals surface area contributed by atoms with E-state index in [1.54, 1.807) is 12.1 Å². The number of likely N-dealkylation sites (tertiary alicyclic amines) is 1. The zero-order valence-corrected chi connectivity index (χ0v) is 23.1. The number of nitrogens with zero attached hydrogens (tertiary/aromatic N) is 5. The molecule has 13 heteroatoms. The molecule has 0 spiro atoms. The Kier molecular flexibility index (Phi) is 6.47. The van der Waals surface area contributed by atoms with Gasteiger partial charge in [0.15, 0.2) is 5.82 Å². The molecule has 224 valence electrons. The third-order valence-corrected chi connectivity index (χ3v) is 8.82. The molecule has 3 saturated heterocycles. The molecule has 2 aromatic carbocycles. The monoisotopic (exact) mass is 592 g/mol. The third kappa shape index (κ3) is 4.82. The molecule has 2 aromatic heterocycles. The Bertz CT molecular complexity index is 1750. The predicted molar refractivity (Wildman–Crippen MR) is 153 cm³/mol. The standard InChI is InChI=1S/C30H30F2N6O5/c31-18-10-29(6-3-7-38(29)12-18)16-43-27-35-25-22(26(36-27)34-13-30(42)14-37(15-30)28(40)41)11-33-24(23(25)32)21-9-19(39)8-17-4-1-2-5-20(17)21/h1-2,4-5,8-9,11,18,39,42H,3,6-7,10,12-16H2,(H,40,41)(H,34,35,36)/t18-,29+/m0/s1. The summed E-state index contributed by atoms with van der Waals surface area (Å²) < 4.78 is 36.8. The number of aromatic nitrogens is 3. The predicted octanol–water partition coefficient (Wildman–Crippen LogP) is 3.78. The van der Waals surface area contributed by atoms with Gasteiger partial charge in [0.1, 0.15) is 41.2 Å². The average Bonchev–Trinajstić information content (AvgIpc) is 3.49. The van der Waals surface area contributed by atoms with E-state index < -0.39 is 29.2 Å². The van der Waals surface area contributed by atoms with Crippen molar-refractivity contribution in [2.75, 3.05) is 44.6 Å². The van der Waals surface area contributed by atoms with Gasteiger partial charge in [0.25, 0.3) is 0 Å². The van der Waals surface area contributed by atoms with Crippen LogP contribution >= 0.6 is 0 Å². The molecule has 11 nitrogen and oxygen atoms in total. The molecule has 2 atom stereocenters. The summed E-state index contributed by atoms with van der Waals surface area (Å²) in [4.78, 5) is 27.6. The fourth-order valence-electron chi connectivity index (χ4n) is 6.72. The van der Waals surface area contributed by atoms with Gasteiger partial charge in [-0.3, -0.25) is 9.88 Å². The number of phenolic OH excluding ortho intramolecular Hbond substituents is 1. The number of carbonyl (C=O) groups is 1. The summed E-state index contributed by atoms with van der Waals surface area (Å²) in [5, 5.41) is 34.9. The van der Waals surface area contributed by atoms with Crippen LogP contribution in [0.15, 0.2) is 42.6 Å². The lowest BCUT2D eigenvalue weighted by molar-refractivity contribution is -0.0738. The highest BCUT2D eigenvalue weighted by Gasteiger charge is 2.49. The number of phenols is 1. The third-order valence-electron chi connectivity index (χ3n) is 8.82. The normalized spacial score (nSPS) is 23.0. The number of benzene rings is 2. The number of hydrogen-bond acceptors (Lipinski definition) is 9. The van der Waals surface area contributed by atoms with Gasteiger partial charge in [-0.15, -0.1) is 0 Å². The van der Waals surface area contributed by atoms with Crippen LogP contribution in [0.5, 0.6) is 11.8 Å². The number of nitrogens with one attached hydrogen (secondary N) is 1. The molecule has 5 heterocycles. The Morgan fingerprint density at radius 1 is 1.19 bits per heavy atom. The Balaban J connectivity index is 1.27. The first-order valence-electron chi connectivity index (χ1n) is 14.2. The van der Waals surface area contributed by atoms with Crippen LogP contribution < -0.4 is 10.1 Å². The minimum atomic E-state index is -1.34. The van der Waals surface area contributed by atoms with Crippen molar-refractivity contribution in [1.29, 1.82) is 0 Å². The van der Waals surface area contributed by atoms with Crippen molar-refractivity contribution in [2.45, 2.75) is 36.6 Å². The van der Waals surface area contributed by atoms with Gasteiger partial charge in [0.2, 0.25) is 0 Å². The van der Waals surface area contributed by atoms with E-state index in [9.17, 15) is 19.4 Å². The van der Waals surface area contributed by atoms with E-state index in [-0.39, 0.29) is 60.4 Å². The Morgan fingerprint density at radius 2 is 2.00 bits per heavy atom. The Hall–Kier alpha value is -4.36. The second kappa shape index (κ2) is 10.1. The molecule has 0 radical (unpaired) electrons. The summed E-state index contributed by atoms with van der Waals surface area (Å²) in [6.45, 7) is 1.01. The zero-order chi connectivity index (χ0) is 29.9. The Morgan fingerprint density at radius 3 is 2.81 bits per heavy atom. The number of rotatable bonds is 7. The summed E-state index contributed by atoms with van der Waals surface area (Å²) in [5.41, 5.74) is -1.56. The van der Waals surface area contributed by atoms with Gasteiger partial charge in [-0.2, -0.15) is 9.97 Å². The maximum atomic E-state index is 16.4. The molecule has 43 heavy (non-hydrogen) atoms. The number of halogens is 2. The minimum absolute atomic E-state index is 0.0263. The van der Waals surface area contributed by atoms with E-state index in [0.29, 0.717) is 29.3 Å². The molecule has 3 aliphatic heterocycles. The van der Waals surface area contributed by atoms with Crippen LogP contribution in [-0.4, -0.2) is 103 Å². The number of amides is 1. The maximum Gasteiger partial charge on any atom is 0.407 e. The molecule has 3 aliphatic rings. The summed E-state index contributed by atoms with van der Waals surface area (Å²) in [7, 11) is 0. The van der Waals surface area contributed by atoms with Crippen LogP contribution in [0.3, 0.4) is 0 Å². The number of aliphatic hydroxyl groups is 1. The van der Waals surface area contributed by atoms with Crippen LogP contribution in [-0.2, 0) is 0 Å². The van der Waals surface area contributed by atoms with Gasteiger partial charge in [-0.25, -0.2) is 13.6 Å². The Labute approximate surface area is 244 Å². The quantitative estimate of drug-likeness (QED) is 0.250. The van der Waals surface area contributed by atoms with Crippen molar-refractivity contribution < 1.29 is 33.6 Å². The lowest BCUT2D eigenvalue weighted by Gasteiger charge is -2.44. The smallest absolute Gasteiger partial charge is 0.407 e. The first-order valence-corrected chi connectivity index (χ1v) is 14.2. The number of ether oxygens (including phenoxy) is 1. The number of anilines is 1. The molecule has 0 unspecified atom stereocenters. The van der Waals surface area contributed by atoms with Crippen LogP contribution in [0.25, 0.3) is 32.9 Å². The van der Waals surface area contributed by atoms with Crippen LogP contribution in [0, 0.1) is 5.82 Å². The van der Waals surface area contributed by atoms with Crippen molar-refractivity contribution in [2.24, 2.45) is 0 Å². The average molecular weight is 593 g/mol. The number of pyridine rings is 1. The van der Waals surface area contributed by atoms with Gasteiger partial charge >= 0.3 is 12.1 Å². The SMILES string of the molecule is O=C(O)N1CC(O)(CNc2nc(OC[C@]34CCCN3C[C@@H](F)C4)nc3c(F)c(-c4cc(O)cc5ccccc45)ncc23)C1. The molecular formula is C30H30F2N6O5. The lowest BCUT2D eigenvalue weighted by Crippen LogP contribution is -2.66. The highest BCUT2D eigenvalue weighted by atomic mass is 19.1. The molecule has 0 saturated carbocycles. The largest absolute Gasteiger partial charge is 0.508 e. The van der Waals surface area contributed by atoms with Crippen molar-refractivity contribution in [3.8, 4) is 23.0 Å². The number of fused-ring (bicyclic) bond motifs is 3. The van der Waals surface area contributed by atoms with Crippen LogP contribution in [0.4, 0.5) is 19.4 Å². The van der Waals surface area contributed by atoms with E-state index in [2.05, 4.69) is 25.2 Å². The molecule has 4 N–H and O–H groups in total. The summed E-state index contributed by atoms with van der Waals surface area (Å²) >= 11 is 0. The second-order valence-electron chi connectivity index (χ2n) is 11.8. The van der Waals surface area contributed by atoms with E-state index in [1.165, 1.54) is 12.3 Å². The van der Waals surface area contributed by atoms with Crippen molar-refractivity contribution >= 4 is 33.6 Å². The van der Waals surface area contributed by atoms with E-state index >= 15 is 4.39 Å². The molecule has 7 rings (SSSR count). The molecular weight excluding hydrogens is 562 g/mol. The summed E-state index contributed by atoms with van der Waals surface area (Å²) in [5.74, 6) is -0.652. The van der Waals surface area contributed by atoms with E-state index in [0.717, 1.165) is 24.3 Å². The first kappa shape index (κ1) is 27.5. The lowest BCUT2D eigenvalue weighted by atomic mass is 9.94. The van der Waals surface area contributed by atoms with Crippen molar-refractivity contribution in [3.63, 3.8) is 0 Å². The number of hydrogen-bond donors (Lipinski definition) is 4. The topological polar surface area (TPSA) is 144 Å². The van der Waals surface area contributed by atoms with Gasteiger partial charge in [-0.05, 0) is 42.3 Å². The summed E-state index contributed by atoms with van der Waals surface area (Å²) in [6.07, 6.45) is 1.37. The molecule has 3 fully saturated rings. The van der Waals surface area contributed by atoms with Gasteiger partial charge in [-0.1, -0.05) is 24.3 Å². The van der Waals surface area contributed by atoms with Gasteiger partial charge in [0, 0.05) is 31.3 Å². The van der Waals surface area contributed by atoms with E-state index in [4.69, 9.17) is 9.84 Å². The fourth-order valence-corrected chi connectivity index (χ4v) is 6.72. The van der Waals surface area contributed by atoms with Gasteiger partial charge < -0.3 is 30.3 Å². The fraction of sp³-hybridized carbons (Fsp3) is 0.400. The highest BCUT2D eigenvalue weighted by Crippen LogP contribution is 2.41. The molecule has 4 aromatic rings. The van der Waals surface area contributed by atoms with Crippen molar-refractivity contribution in [1.82, 2.24) is 24.8 Å². The number of carboxylic acid groups (broad SMARTS) is 1. The second-order valence-corrected chi connectivity index (χ2v) is 11.8. The summed E-state index contributed by atoms with van der Waals surface area (Å²) in [6, 6.07) is 10.1. The number of aromatic hydroxyl groups is 1. The molecule has 1 amide bonds. The molecule has 0 bridgehead atoms. The zero-order valence-electron chi connectivity index (χ0n) is 23.1. The number of alkyl halides is 1. The number of β-amino-alcohol motifs (C(OH)–C–C–N with tert-alkyl or cyclic N) is 1. The van der Waals surface area contributed by atoms with E-state index in [1.807, 2.05) is 18.2 Å². The maximum absolute atomic E-state index is 16.4. The van der Waals surface area contributed by atoms with Gasteiger partial charge in [0.05, 0.1) is 24.0 Å². The first-order chi connectivity index (χ1) is 20.6. The minimum Gasteiger partial charge on any atom is -0.508 e. The van der Waals surface area contributed by atoms with Crippen molar-refractivity contribution in [3.05, 3.63) is 48.4 Å². The highest BCUT2D eigenvalue weighted by molar-refractivity contribution is 5.99. The molecule has 0 aliphatic carbocycles.